The second-order valence-corrected chi connectivity index (χ2v) is 7.59. The smallest absolute Gasteiger partial charge is 0.234 e. The summed E-state index contributed by atoms with van der Waals surface area (Å²) in [5.74, 6) is 0.642. The largest absolute Gasteiger partial charge is 0.253 e. The van der Waals surface area contributed by atoms with Gasteiger partial charge in [0.2, 0.25) is 0 Å². The lowest BCUT2D eigenvalue weighted by Gasteiger charge is -2.10. The zero-order chi connectivity index (χ0) is 18.6. The van der Waals surface area contributed by atoms with Crippen LogP contribution < -0.4 is 0 Å². The first kappa shape index (κ1) is 17.9. The van der Waals surface area contributed by atoms with Gasteiger partial charge in [-0.05, 0) is 49.6 Å². The summed E-state index contributed by atoms with van der Waals surface area (Å²) in [5.41, 5.74) is 3.03. The Morgan fingerprint density at radius 3 is 2.33 bits per heavy atom. The minimum absolute atomic E-state index is 0.642. The molecule has 0 aliphatic carbocycles. The molecule has 0 unspecified atom stereocenters. The summed E-state index contributed by atoms with van der Waals surface area (Å²) < 4.78 is 3.68. The average Bonchev–Trinajstić information content (AvgIpc) is 3.33. The van der Waals surface area contributed by atoms with Gasteiger partial charge in [-0.2, -0.15) is 19.7 Å². The predicted octanol–water partition coefficient (Wildman–Crippen LogP) is 4.00. The molecule has 0 N–H and O–H groups in total. The number of unbranched alkanes of at least 4 members (excludes halogenated alkanes) is 2. The highest BCUT2D eigenvalue weighted by molar-refractivity contribution is 7.99. The molecule has 4 aromatic rings. The van der Waals surface area contributed by atoms with Crippen molar-refractivity contribution in [2.24, 2.45) is 0 Å². The predicted molar refractivity (Wildman–Crippen MR) is 105 cm³/mol. The first-order valence-electron chi connectivity index (χ1n) is 9.49. The fraction of sp³-hybridized carbons (Fsp3) is 0.421. The van der Waals surface area contributed by atoms with Crippen LogP contribution in [0.15, 0.2) is 40.8 Å². The van der Waals surface area contributed by atoms with E-state index in [2.05, 4.69) is 46.1 Å². The van der Waals surface area contributed by atoms with Crippen LogP contribution in [0.1, 0.15) is 50.9 Å². The van der Waals surface area contributed by atoms with Crippen LogP contribution in [-0.2, 0) is 12.8 Å². The lowest BCUT2D eigenvalue weighted by molar-refractivity contribution is 0.748. The Labute approximate surface area is 162 Å². The third-order valence-corrected chi connectivity index (χ3v) is 5.43. The number of aryl methyl sites for hydroxylation is 2. The van der Waals surface area contributed by atoms with E-state index in [1.807, 2.05) is 10.6 Å². The van der Waals surface area contributed by atoms with Gasteiger partial charge < -0.3 is 0 Å². The van der Waals surface area contributed by atoms with Crippen molar-refractivity contribution in [1.82, 2.24) is 34.2 Å². The molecule has 0 radical (unpaired) electrons. The van der Waals surface area contributed by atoms with E-state index >= 15 is 0 Å². The van der Waals surface area contributed by atoms with Gasteiger partial charge in [0.15, 0.2) is 5.65 Å². The lowest BCUT2D eigenvalue weighted by Crippen LogP contribution is -2.03. The van der Waals surface area contributed by atoms with Crippen LogP contribution in [0.4, 0.5) is 0 Å². The summed E-state index contributed by atoms with van der Waals surface area (Å²) in [6.45, 7) is 4.39. The Hall–Kier alpha value is -2.48. The van der Waals surface area contributed by atoms with Gasteiger partial charge in [0, 0.05) is 17.5 Å². The molecule has 140 valence electrons. The maximum atomic E-state index is 4.73. The fourth-order valence-corrected chi connectivity index (χ4v) is 4.04. The Bertz CT molecular complexity index is 969. The molecule has 0 atom stereocenters. The summed E-state index contributed by atoms with van der Waals surface area (Å²) in [6.07, 6.45) is 9.80. The van der Waals surface area contributed by atoms with Crippen LogP contribution in [0.5, 0.6) is 0 Å². The third-order valence-electron chi connectivity index (χ3n) is 4.43. The van der Waals surface area contributed by atoms with Gasteiger partial charge >= 0.3 is 0 Å². The molecule has 0 aliphatic heterocycles. The molecule has 0 amide bonds. The van der Waals surface area contributed by atoms with E-state index in [-0.39, 0.29) is 0 Å². The van der Waals surface area contributed by atoms with E-state index in [1.54, 1.807) is 28.8 Å². The highest BCUT2D eigenvalue weighted by Crippen LogP contribution is 2.29. The molecule has 27 heavy (non-hydrogen) atoms. The normalized spacial score (nSPS) is 11.6. The maximum Gasteiger partial charge on any atom is 0.253 e. The molecular formula is C19H23N7S. The Kier molecular flexibility index (Phi) is 5.33. The molecule has 7 nitrogen and oxygen atoms in total. The second-order valence-electron chi connectivity index (χ2n) is 6.55. The SMILES string of the molecule is CCCCc1cc(Sc2cc(CCCC)nc3ncnn23)n2nccc2n1. The Balaban J connectivity index is 1.75. The van der Waals surface area contributed by atoms with Gasteiger partial charge in [-0.3, -0.25) is 0 Å². The van der Waals surface area contributed by atoms with Gasteiger partial charge in [0.25, 0.3) is 5.78 Å². The molecule has 0 saturated heterocycles. The van der Waals surface area contributed by atoms with Crippen molar-refractivity contribution in [1.29, 1.82) is 0 Å². The van der Waals surface area contributed by atoms with Gasteiger partial charge in [-0.15, -0.1) is 0 Å². The fourth-order valence-electron chi connectivity index (χ4n) is 2.99. The zero-order valence-electron chi connectivity index (χ0n) is 15.7. The highest BCUT2D eigenvalue weighted by atomic mass is 32.2. The van der Waals surface area contributed by atoms with E-state index in [9.17, 15) is 0 Å². The van der Waals surface area contributed by atoms with E-state index in [4.69, 9.17) is 4.98 Å². The molecule has 0 saturated carbocycles. The van der Waals surface area contributed by atoms with Crippen molar-refractivity contribution in [2.75, 3.05) is 0 Å². The molecule has 0 bridgehead atoms. The second kappa shape index (κ2) is 8.04. The number of hydrogen-bond acceptors (Lipinski definition) is 6. The maximum absolute atomic E-state index is 4.73. The summed E-state index contributed by atoms with van der Waals surface area (Å²) in [6, 6.07) is 6.20. The number of hydrogen-bond donors (Lipinski definition) is 0. The van der Waals surface area contributed by atoms with Gasteiger partial charge in [-0.25, -0.2) is 14.5 Å². The molecular weight excluding hydrogens is 358 g/mol. The van der Waals surface area contributed by atoms with Crippen molar-refractivity contribution >= 4 is 23.2 Å². The van der Waals surface area contributed by atoms with E-state index in [0.717, 1.165) is 65.6 Å². The molecule has 0 aliphatic rings. The average molecular weight is 382 g/mol. The standard InChI is InChI=1S/C19H23N7S/c1-3-5-7-14-11-17(25-16(23-14)9-10-21-25)27-18-12-15(8-6-4-2)24-19-20-13-22-26(18)19/h9-13H,3-8H2,1-2H3. The summed E-state index contributed by atoms with van der Waals surface area (Å²) >= 11 is 1.63. The number of fused-ring (bicyclic) bond motifs is 2. The lowest BCUT2D eigenvalue weighted by atomic mass is 10.2. The highest BCUT2D eigenvalue weighted by Gasteiger charge is 2.13. The van der Waals surface area contributed by atoms with Crippen molar-refractivity contribution in [3.8, 4) is 0 Å². The monoisotopic (exact) mass is 381 g/mol. The molecule has 0 fully saturated rings. The minimum Gasteiger partial charge on any atom is -0.234 e. The first-order chi connectivity index (χ1) is 13.3. The van der Waals surface area contributed by atoms with Crippen LogP contribution in [0.2, 0.25) is 0 Å². The summed E-state index contributed by atoms with van der Waals surface area (Å²) in [4.78, 5) is 13.6. The van der Waals surface area contributed by atoms with Crippen molar-refractivity contribution in [2.45, 2.75) is 62.4 Å². The Morgan fingerprint density at radius 1 is 0.889 bits per heavy atom. The third kappa shape index (κ3) is 3.80. The molecule has 4 aromatic heterocycles. The van der Waals surface area contributed by atoms with Gasteiger partial charge in [-0.1, -0.05) is 26.7 Å². The topological polar surface area (TPSA) is 73.3 Å². The van der Waals surface area contributed by atoms with E-state index in [1.165, 1.54) is 0 Å². The van der Waals surface area contributed by atoms with Crippen LogP contribution in [0.3, 0.4) is 0 Å². The van der Waals surface area contributed by atoms with Crippen LogP contribution >= 0.6 is 11.8 Å². The summed E-state index contributed by atoms with van der Waals surface area (Å²) in [7, 11) is 0. The molecule has 0 aromatic carbocycles. The quantitative estimate of drug-likeness (QED) is 0.430. The van der Waals surface area contributed by atoms with Crippen molar-refractivity contribution < 1.29 is 0 Å². The van der Waals surface area contributed by atoms with Crippen LogP contribution in [0.25, 0.3) is 11.4 Å². The number of nitrogens with zero attached hydrogens (tertiary/aromatic N) is 7. The number of rotatable bonds is 8. The molecule has 4 heterocycles. The minimum atomic E-state index is 0.642. The first-order valence-corrected chi connectivity index (χ1v) is 10.3. The van der Waals surface area contributed by atoms with E-state index < -0.39 is 0 Å². The molecule has 8 heteroatoms. The van der Waals surface area contributed by atoms with Gasteiger partial charge in [0.1, 0.15) is 16.4 Å². The van der Waals surface area contributed by atoms with Crippen molar-refractivity contribution in [3.63, 3.8) is 0 Å². The zero-order valence-corrected chi connectivity index (χ0v) is 16.5. The summed E-state index contributed by atoms with van der Waals surface area (Å²) in [5, 5.41) is 10.8. The Morgan fingerprint density at radius 2 is 1.59 bits per heavy atom. The van der Waals surface area contributed by atoms with E-state index in [0.29, 0.717) is 5.78 Å². The number of aromatic nitrogens is 7. The molecule has 0 spiro atoms. The van der Waals surface area contributed by atoms with Crippen LogP contribution in [-0.4, -0.2) is 34.2 Å². The molecule has 4 rings (SSSR count). The van der Waals surface area contributed by atoms with Crippen LogP contribution in [0, 0.1) is 0 Å². The van der Waals surface area contributed by atoms with Crippen molar-refractivity contribution in [3.05, 3.63) is 42.1 Å². The van der Waals surface area contributed by atoms with Gasteiger partial charge in [0.05, 0.1) is 6.20 Å².